The van der Waals surface area contributed by atoms with E-state index in [9.17, 15) is 4.79 Å². The predicted molar refractivity (Wildman–Crippen MR) is 162 cm³/mol. The lowest BCUT2D eigenvalue weighted by Crippen LogP contribution is -2.41. The fraction of sp³-hybridized carbons (Fsp3) is 0.290. The number of piperidine rings is 1. The van der Waals surface area contributed by atoms with E-state index in [0.29, 0.717) is 66.1 Å². The first-order valence-corrected chi connectivity index (χ1v) is 14.0. The number of carbonyl (C=O) groups excluding carboxylic acids is 1. The maximum Gasteiger partial charge on any atom is 0.245 e. The van der Waals surface area contributed by atoms with Crippen LogP contribution in [0.1, 0.15) is 12.8 Å². The first kappa shape index (κ1) is 28.2. The van der Waals surface area contributed by atoms with Gasteiger partial charge < -0.3 is 35.1 Å². The van der Waals surface area contributed by atoms with Gasteiger partial charge >= 0.3 is 0 Å². The minimum Gasteiger partial charge on any atom is -0.495 e. The molecule has 3 N–H and O–H groups in total. The molecule has 2 aromatic carbocycles. The zero-order valence-corrected chi connectivity index (χ0v) is 23.7. The number of nitrogens with zero attached hydrogens (tertiary/aromatic N) is 4. The van der Waals surface area contributed by atoms with Gasteiger partial charge in [0.05, 0.1) is 43.3 Å². The molecule has 11 nitrogen and oxygen atoms in total. The molecule has 2 aliphatic heterocycles. The number of halogens is 1. The summed E-state index contributed by atoms with van der Waals surface area (Å²) < 4.78 is 32.0. The van der Waals surface area contributed by atoms with Crippen LogP contribution in [-0.2, 0) is 9.53 Å². The van der Waals surface area contributed by atoms with Crippen molar-refractivity contribution in [3.8, 4) is 17.2 Å². The molecule has 2 aromatic heterocycles. The third-order valence-electron chi connectivity index (χ3n) is 7.45. The van der Waals surface area contributed by atoms with Gasteiger partial charge in [-0.25, -0.2) is 19.3 Å². The molecule has 0 saturated carbocycles. The van der Waals surface area contributed by atoms with E-state index in [1.54, 1.807) is 42.5 Å². The van der Waals surface area contributed by atoms with Gasteiger partial charge in [-0.15, -0.1) is 0 Å². The van der Waals surface area contributed by atoms with Crippen LogP contribution < -0.4 is 25.4 Å². The highest BCUT2D eigenvalue weighted by molar-refractivity contribution is 5.95. The molecule has 0 bridgehead atoms. The summed E-state index contributed by atoms with van der Waals surface area (Å²) in [6, 6.07) is 12.2. The molecule has 12 heteroatoms. The van der Waals surface area contributed by atoms with Gasteiger partial charge in [0, 0.05) is 48.9 Å². The largest absolute Gasteiger partial charge is 0.495 e. The Morgan fingerprint density at radius 3 is 2.56 bits per heavy atom. The number of anilines is 4. The molecule has 0 atom stereocenters. The number of methoxy groups -OCH3 is 1. The molecule has 0 unspecified atom stereocenters. The van der Waals surface area contributed by atoms with E-state index in [-0.39, 0.29) is 23.7 Å². The SMILES string of the molecule is C=CC(=O)N1CCC(Nc2cc3c(Nc4ccc(Oc5ccnc(NC6COC6)c5)cc4F)ncnc3cc2OC)CC1. The fourth-order valence-electron chi connectivity index (χ4n) is 5.06. The van der Waals surface area contributed by atoms with Crippen LogP contribution in [0, 0.1) is 5.82 Å². The maximum atomic E-state index is 15.3. The highest BCUT2D eigenvalue weighted by atomic mass is 19.1. The molecule has 4 heterocycles. The lowest BCUT2D eigenvalue weighted by molar-refractivity contribution is -0.126. The van der Waals surface area contributed by atoms with Crippen LogP contribution in [0.3, 0.4) is 0 Å². The summed E-state index contributed by atoms with van der Waals surface area (Å²) >= 11 is 0. The number of hydrogen-bond acceptors (Lipinski definition) is 10. The Labute approximate surface area is 248 Å². The average molecular weight is 586 g/mol. The van der Waals surface area contributed by atoms with Crippen molar-refractivity contribution in [2.45, 2.75) is 24.9 Å². The number of pyridine rings is 1. The van der Waals surface area contributed by atoms with E-state index in [1.165, 1.54) is 18.5 Å². The van der Waals surface area contributed by atoms with Crippen molar-refractivity contribution in [1.82, 2.24) is 19.9 Å². The second-order valence-electron chi connectivity index (χ2n) is 10.4. The van der Waals surface area contributed by atoms with Gasteiger partial charge in [0.15, 0.2) is 0 Å². The third-order valence-corrected chi connectivity index (χ3v) is 7.45. The standard InChI is InChI=1S/C31H32FN7O4/c1-3-30(40)39-10-7-19(8-11-39)36-27-14-23-26(15-28(27)41-2)34-18-35-31(23)38-25-5-4-21(12-24(25)32)43-22-6-9-33-29(13-22)37-20-16-42-17-20/h3-6,9,12-15,18-20,36H,1,7-8,10-11,16-17H2,2H3,(H,33,37)(H,34,35,38). The van der Waals surface area contributed by atoms with Gasteiger partial charge in [-0.05, 0) is 43.2 Å². The average Bonchev–Trinajstić information content (AvgIpc) is 3.00. The van der Waals surface area contributed by atoms with E-state index in [4.69, 9.17) is 14.2 Å². The van der Waals surface area contributed by atoms with Crippen LogP contribution in [0.15, 0.2) is 67.6 Å². The Morgan fingerprint density at radius 2 is 1.84 bits per heavy atom. The molecule has 4 aromatic rings. The summed E-state index contributed by atoms with van der Waals surface area (Å²) in [5.41, 5.74) is 1.64. The number of aromatic nitrogens is 3. The topological polar surface area (TPSA) is 123 Å². The maximum absolute atomic E-state index is 15.3. The molecule has 0 radical (unpaired) electrons. The number of fused-ring (bicyclic) bond motifs is 1. The molecule has 222 valence electrons. The first-order valence-electron chi connectivity index (χ1n) is 14.0. The number of amides is 1. The lowest BCUT2D eigenvalue weighted by Gasteiger charge is -2.32. The van der Waals surface area contributed by atoms with Gasteiger partial charge in [0.2, 0.25) is 5.91 Å². The number of rotatable bonds is 10. The van der Waals surface area contributed by atoms with Crippen molar-refractivity contribution in [1.29, 1.82) is 0 Å². The fourth-order valence-corrected chi connectivity index (χ4v) is 5.06. The van der Waals surface area contributed by atoms with Crippen molar-refractivity contribution in [3.05, 3.63) is 73.5 Å². The van der Waals surface area contributed by atoms with E-state index >= 15 is 4.39 Å². The van der Waals surface area contributed by atoms with Crippen molar-refractivity contribution in [3.63, 3.8) is 0 Å². The minimum absolute atomic E-state index is 0.0552. The van der Waals surface area contributed by atoms with Crippen LogP contribution in [0.25, 0.3) is 10.9 Å². The summed E-state index contributed by atoms with van der Waals surface area (Å²) in [4.78, 5) is 26.8. The second kappa shape index (κ2) is 12.5. The van der Waals surface area contributed by atoms with Crippen LogP contribution >= 0.6 is 0 Å². The second-order valence-corrected chi connectivity index (χ2v) is 10.4. The van der Waals surface area contributed by atoms with Gasteiger partial charge in [-0.3, -0.25) is 4.79 Å². The Balaban J connectivity index is 1.18. The zero-order chi connectivity index (χ0) is 29.8. The smallest absolute Gasteiger partial charge is 0.245 e. The number of ether oxygens (including phenoxy) is 3. The molecule has 2 aliphatic rings. The van der Waals surface area contributed by atoms with E-state index in [1.807, 2.05) is 12.1 Å². The quantitative estimate of drug-likeness (QED) is 0.217. The Morgan fingerprint density at radius 1 is 1.02 bits per heavy atom. The molecule has 2 saturated heterocycles. The summed E-state index contributed by atoms with van der Waals surface area (Å²) in [6.45, 7) is 6.13. The predicted octanol–water partition coefficient (Wildman–Crippen LogP) is 5.11. The van der Waals surface area contributed by atoms with Crippen LogP contribution in [0.5, 0.6) is 17.2 Å². The lowest BCUT2D eigenvalue weighted by atomic mass is 10.0. The molecular weight excluding hydrogens is 553 g/mol. The monoisotopic (exact) mass is 585 g/mol. The Bertz CT molecular complexity index is 1640. The molecule has 6 rings (SSSR count). The van der Waals surface area contributed by atoms with E-state index < -0.39 is 5.82 Å². The zero-order valence-electron chi connectivity index (χ0n) is 23.7. The van der Waals surface area contributed by atoms with Gasteiger partial charge in [0.1, 0.15) is 41.0 Å². The highest BCUT2D eigenvalue weighted by Gasteiger charge is 2.23. The normalized spacial score (nSPS) is 15.4. The van der Waals surface area contributed by atoms with Gasteiger partial charge in [-0.1, -0.05) is 6.58 Å². The number of likely N-dealkylation sites (tertiary alicyclic amines) is 1. The molecule has 0 spiro atoms. The first-order chi connectivity index (χ1) is 21.0. The van der Waals surface area contributed by atoms with Crippen molar-refractivity contribution in [2.75, 3.05) is 49.4 Å². The van der Waals surface area contributed by atoms with Crippen molar-refractivity contribution < 1.29 is 23.4 Å². The number of nitrogens with one attached hydrogen (secondary N) is 3. The van der Waals surface area contributed by atoms with E-state index in [0.717, 1.165) is 18.5 Å². The summed E-state index contributed by atoms with van der Waals surface area (Å²) in [7, 11) is 1.60. The summed E-state index contributed by atoms with van der Waals surface area (Å²) in [5, 5.41) is 10.6. The van der Waals surface area contributed by atoms with Gasteiger partial charge in [-0.2, -0.15) is 0 Å². The van der Waals surface area contributed by atoms with Crippen molar-refractivity contribution in [2.24, 2.45) is 0 Å². The summed E-state index contributed by atoms with van der Waals surface area (Å²) in [6.07, 6.45) is 5.96. The third kappa shape index (κ3) is 6.44. The van der Waals surface area contributed by atoms with Gasteiger partial charge in [0.25, 0.3) is 0 Å². The number of benzene rings is 2. The molecule has 0 aliphatic carbocycles. The Kier molecular flexibility index (Phi) is 8.18. The van der Waals surface area contributed by atoms with Crippen LogP contribution in [0.4, 0.5) is 27.4 Å². The minimum atomic E-state index is -0.504. The summed E-state index contributed by atoms with van der Waals surface area (Å²) in [5.74, 6) is 2.06. The van der Waals surface area contributed by atoms with E-state index in [2.05, 4.69) is 37.5 Å². The van der Waals surface area contributed by atoms with Crippen LogP contribution in [-0.4, -0.2) is 71.3 Å². The van der Waals surface area contributed by atoms with Crippen molar-refractivity contribution >= 4 is 39.8 Å². The molecular formula is C31H32FN7O4. The molecule has 1 amide bonds. The molecule has 43 heavy (non-hydrogen) atoms. The number of carbonyl (C=O) groups is 1. The van der Waals surface area contributed by atoms with Crippen LogP contribution in [0.2, 0.25) is 0 Å². The molecule has 2 fully saturated rings. The highest BCUT2D eigenvalue weighted by Crippen LogP contribution is 2.35. The number of hydrogen-bond donors (Lipinski definition) is 3. The Hall–Kier alpha value is -4.97.